The SMILES string of the molecule is Cc1ccc(CN2CCCCCCNC(=O)[C@@H]3C[C@@H](C(=O)N4CCN(c5ccccn5)CC4)C[C@@H]32)o1. The molecule has 2 aromatic heterocycles. The number of hydrogen-bond donors (Lipinski definition) is 1. The van der Waals surface area contributed by atoms with Crippen molar-refractivity contribution in [2.75, 3.05) is 44.2 Å². The predicted octanol–water partition coefficient (Wildman–Crippen LogP) is 3.22. The Bertz CT molecular complexity index is 1020. The second kappa shape index (κ2) is 11.5. The van der Waals surface area contributed by atoms with Crippen LogP contribution in [0.2, 0.25) is 0 Å². The molecule has 1 N–H and O–H groups in total. The van der Waals surface area contributed by atoms with Gasteiger partial charge in [0.05, 0.1) is 12.5 Å². The molecule has 8 heteroatoms. The van der Waals surface area contributed by atoms with Gasteiger partial charge in [-0.2, -0.15) is 0 Å². The molecule has 8 nitrogen and oxygen atoms in total. The minimum Gasteiger partial charge on any atom is -0.465 e. The fourth-order valence-electron chi connectivity index (χ4n) is 6.13. The van der Waals surface area contributed by atoms with Crippen LogP contribution >= 0.6 is 0 Å². The van der Waals surface area contributed by atoms with Gasteiger partial charge in [-0.25, -0.2) is 4.98 Å². The monoisotopic (exact) mass is 493 g/mol. The van der Waals surface area contributed by atoms with Gasteiger partial charge in [0.1, 0.15) is 17.3 Å². The van der Waals surface area contributed by atoms with Crippen molar-refractivity contribution in [3.05, 3.63) is 48.0 Å². The lowest BCUT2D eigenvalue weighted by Crippen LogP contribution is -2.50. The fraction of sp³-hybridized carbons (Fsp3) is 0.607. The zero-order valence-electron chi connectivity index (χ0n) is 21.4. The van der Waals surface area contributed by atoms with Crippen LogP contribution in [0.15, 0.2) is 40.9 Å². The molecule has 3 atom stereocenters. The second-order valence-electron chi connectivity index (χ2n) is 10.5. The topological polar surface area (TPSA) is 81.9 Å². The number of rotatable bonds is 4. The average Bonchev–Trinajstić information content (AvgIpc) is 3.53. The van der Waals surface area contributed by atoms with E-state index >= 15 is 0 Å². The summed E-state index contributed by atoms with van der Waals surface area (Å²) in [6.45, 7) is 7.27. The molecule has 1 aliphatic carbocycles. The van der Waals surface area contributed by atoms with Crippen molar-refractivity contribution in [1.29, 1.82) is 0 Å². The number of nitrogens with one attached hydrogen (secondary N) is 1. The van der Waals surface area contributed by atoms with E-state index in [-0.39, 0.29) is 29.7 Å². The minimum absolute atomic E-state index is 0.0530. The molecule has 36 heavy (non-hydrogen) atoms. The summed E-state index contributed by atoms with van der Waals surface area (Å²) in [6.07, 6.45) is 7.58. The van der Waals surface area contributed by atoms with E-state index < -0.39 is 0 Å². The normalized spacial score (nSPS) is 26.2. The molecular weight excluding hydrogens is 454 g/mol. The van der Waals surface area contributed by atoms with Gasteiger partial charge < -0.3 is 19.5 Å². The van der Waals surface area contributed by atoms with Crippen LogP contribution < -0.4 is 10.2 Å². The smallest absolute Gasteiger partial charge is 0.225 e. The molecule has 3 fully saturated rings. The number of carbonyl (C=O) groups is 2. The lowest BCUT2D eigenvalue weighted by molar-refractivity contribution is -0.135. The van der Waals surface area contributed by atoms with E-state index in [1.165, 1.54) is 0 Å². The standard InChI is InChI=1S/C28H39N5O3/c1-21-9-10-23(36-21)20-33-13-7-3-2-5-12-30-27(34)24-18-22(19-25(24)33)28(35)32-16-14-31(15-17-32)26-8-4-6-11-29-26/h4,6,8-11,22,24-25H,2-3,5,7,12-20H2,1H3,(H,30,34)/t22-,24-,25+/m1/s1. The van der Waals surface area contributed by atoms with Crippen LogP contribution in [0.25, 0.3) is 0 Å². The number of anilines is 1. The first kappa shape index (κ1) is 24.8. The molecule has 5 rings (SSSR count). The molecule has 2 amide bonds. The van der Waals surface area contributed by atoms with Gasteiger partial charge in [0.2, 0.25) is 11.8 Å². The predicted molar refractivity (Wildman–Crippen MR) is 138 cm³/mol. The van der Waals surface area contributed by atoms with E-state index in [0.29, 0.717) is 26.1 Å². The summed E-state index contributed by atoms with van der Waals surface area (Å²) in [5.41, 5.74) is 0. The van der Waals surface area contributed by atoms with Gasteiger partial charge in [0, 0.05) is 50.9 Å². The number of furan rings is 1. The summed E-state index contributed by atoms with van der Waals surface area (Å²) in [5, 5.41) is 3.18. The highest BCUT2D eigenvalue weighted by Gasteiger charge is 2.45. The van der Waals surface area contributed by atoms with Crippen LogP contribution in [0.5, 0.6) is 0 Å². The number of nitrogens with zero attached hydrogens (tertiary/aromatic N) is 4. The van der Waals surface area contributed by atoms with Crippen molar-refractivity contribution in [2.24, 2.45) is 11.8 Å². The van der Waals surface area contributed by atoms with Gasteiger partial charge in [0.15, 0.2) is 0 Å². The molecule has 0 radical (unpaired) electrons. The third kappa shape index (κ3) is 5.75. The summed E-state index contributed by atoms with van der Waals surface area (Å²) in [6, 6.07) is 10.0. The van der Waals surface area contributed by atoms with Gasteiger partial charge in [-0.15, -0.1) is 0 Å². The highest BCUT2D eigenvalue weighted by Crippen LogP contribution is 2.37. The van der Waals surface area contributed by atoms with Crippen molar-refractivity contribution in [1.82, 2.24) is 20.1 Å². The van der Waals surface area contributed by atoms with Crippen LogP contribution in [0, 0.1) is 18.8 Å². The summed E-state index contributed by atoms with van der Waals surface area (Å²) >= 11 is 0. The highest BCUT2D eigenvalue weighted by atomic mass is 16.3. The Labute approximate surface area is 214 Å². The van der Waals surface area contributed by atoms with Gasteiger partial charge in [-0.1, -0.05) is 18.9 Å². The minimum atomic E-state index is -0.164. The maximum absolute atomic E-state index is 13.6. The largest absolute Gasteiger partial charge is 0.465 e. The van der Waals surface area contributed by atoms with Crippen LogP contribution in [-0.2, 0) is 16.1 Å². The second-order valence-corrected chi connectivity index (χ2v) is 10.5. The van der Waals surface area contributed by atoms with Gasteiger partial charge >= 0.3 is 0 Å². The average molecular weight is 494 g/mol. The number of carbonyl (C=O) groups excluding carboxylic acids is 2. The first-order chi connectivity index (χ1) is 17.6. The number of aromatic nitrogens is 1. The van der Waals surface area contributed by atoms with Gasteiger partial charge in [0.25, 0.3) is 0 Å². The Hall–Kier alpha value is -2.87. The molecule has 1 saturated carbocycles. The summed E-state index contributed by atoms with van der Waals surface area (Å²) in [4.78, 5) is 38.0. The number of pyridine rings is 1. The van der Waals surface area contributed by atoms with E-state index in [9.17, 15) is 9.59 Å². The Kier molecular flexibility index (Phi) is 7.90. The van der Waals surface area contributed by atoms with Gasteiger partial charge in [-0.3, -0.25) is 14.5 Å². The highest BCUT2D eigenvalue weighted by molar-refractivity contribution is 5.84. The van der Waals surface area contributed by atoms with Crippen LogP contribution in [-0.4, -0.2) is 71.9 Å². The fourth-order valence-corrected chi connectivity index (χ4v) is 6.13. The molecule has 0 unspecified atom stereocenters. The van der Waals surface area contributed by atoms with E-state index in [0.717, 1.165) is 75.6 Å². The molecule has 0 bridgehead atoms. The first-order valence-electron chi connectivity index (χ1n) is 13.6. The van der Waals surface area contributed by atoms with Crippen molar-refractivity contribution in [2.45, 2.75) is 58.0 Å². The lowest BCUT2D eigenvalue weighted by Gasteiger charge is -2.36. The summed E-state index contributed by atoms with van der Waals surface area (Å²) in [5.74, 6) is 2.84. The van der Waals surface area contributed by atoms with Crippen molar-refractivity contribution in [3.8, 4) is 0 Å². The molecule has 194 valence electrons. The Morgan fingerprint density at radius 1 is 1.03 bits per heavy atom. The van der Waals surface area contributed by atoms with Crippen molar-refractivity contribution >= 4 is 17.6 Å². The van der Waals surface area contributed by atoms with E-state index in [2.05, 4.69) is 20.1 Å². The summed E-state index contributed by atoms with van der Waals surface area (Å²) in [7, 11) is 0. The van der Waals surface area contributed by atoms with Gasteiger partial charge in [-0.05, 0) is 63.4 Å². The van der Waals surface area contributed by atoms with Crippen molar-refractivity contribution < 1.29 is 14.0 Å². The number of aryl methyl sites for hydroxylation is 1. The molecule has 2 aliphatic heterocycles. The van der Waals surface area contributed by atoms with Crippen LogP contribution in [0.1, 0.15) is 50.0 Å². The summed E-state index contributed by atoms with van der Waals surface area (Å²) < 4.78 is 5.90. The number of amides is 2. The molecule has 2 saturated heterocycles. The molecule has 0 spiro atoms. The third-order valence-electron chi connectivity index (χ3n) is 8.07. The number of piperazine rings is 1. The molecule has 4 heterocycles. The first-order valence-corrected chi connectivity index (χ1v) is 13.6. The number of fused-ring (bicyclic) bond motifs is 1. The van der Waals surface area contributed by atoms with E-state index in [4.69, 9.17) is 4.42 Å². The van der Waals surface area contributed by atoms with E-state index in [1.807, 2.05) is 48.4 Å². The molecule has 0 aromatic carbocycles. The zero-order chi connectivity index (χ0) is 24.9. The molecule has 2 aromatic rings. The molecule has 3 aliphatic rings. The van der Waals surface area contributed by atoms with E-state index in [1.54, 1.807) is 0 Å². The Balaban J connectivity index is 1.28. The number of hydrogen-bond acceptors (Lipinski definition) is 6. The molecular formula is C28H39N5O3. The lowest BCUT2D eigenvalue weighted by atomic mass is 10.00. The maximum Gasteiger partial charge on any atom is 0.225 e. The maximum atomic E-state index is 13.6. The quantitative estimate of drug-likeness (QED) is 0.704. The third-order valence-corrected chi connectivity index (χ3v) is 8.07. The Morgan fingerprint density at radius 3 is 2.61 bits per heavy atom. The Morgan fingerprint density at radius 2 is 1.86 bits per heavy atom. The van der Waals surface area contributed by atoms with Crippen LogP contribution in [0.4, 0.5) is 5.82 Å². The zero-order valence-corrected chi connectivity index (χ0v) is 21.4. The van der Waals surface area contributed by atoms with Crippen LogP contribution in [0.3, 0.4) is 0 Å². The van der Waals surface area contributed by atoms with Crippen molar-refractivity contribution in [3.63, 3.8) is 0 Å².